The summed E-state index contributed by atoms with van der Waals surface area (Å²) < 4.78 is 10.4. The Morgan fingerprint density at radius 1 is 1.36 bits per heavy atom. The molecule has 1 aromatic carbocycles. The van der Waals surface area contributed by atoms with Crippen LogP contribution in [0.15, 0.2) is 46.3 Å². The monoisotopic (exact) mass is 334 g/mol. The quantitative estimate of drug-likeness (QED) is 0.576. The predicted octanol–water partition coefficient (Wildman–Crippen LogP) is 4.00. The standard InChI is InChI=1S/C15H11ClN2O3S/c16-11-4-3-9(6-12(11)17)15(19)20-8-10-7-13(21-18-10)14-2-1-5-22-14/h1-7H,8,17H2. The Morgan fingerprint density at radius 2 is 2.23 bits per heavy atom. The number of rotatable bonds is 4. The number of aromatic nitrogens is 1. The first-order chi connectivity index (χ1) is 10.6. The average Bonchev–Trinajstić information content (AvgIpc) is 3.18. The van der Waals surface area contributed by atoms with Crippen molar-refractivity contribution in [3.63, 3.8) is 0 Å². The Bertz CT molecular complexity index is 799. The largest absolute Gasteiger partial charge is 0.455 e. The molecule has 3 aromatic rings. The van der Waals surface area contributed by atoms with E-state index in [9.17, 15) is 4.79 Å². The summed E-state index contributed by atoms with van der Waals surface area (Å²) in [7, 11) is 0. The van der Waals surface area contributed by atoms with E-state index in [1.165, 1.54) is 6.07 Å². The van der Waals surface area contributed by atoms with Gasteiger partial charge in [-0.2, -0.15) is 0 Å². The first-order valence-electron chi connectivity index (χ1n) is 6.35. The van der Waals surface area contributed by atoms with Crippen LogP contribution >= 0.6 is 22.9 Å². The van der Waals surface area contributed by atoms with Crippen LogP contribution in [0.3, 0.4) is 0 Å². The zero-order chi connectivity index (χ0) is 15.5. The van der Waals surface area contributed by atoms with E-state index in [2.05, 4.69) is 5.16 Å². The minimum absolute atomic E-state index is 0.0240. The molecule has 0 fully saturated rings. The lowest BCUT2D eigenvalue weighted by atomic mass is 10.2. The molecular formula is C15H11ClN2O3S. The number of thiophene rings is 1. The highest BCUT2D eigenvalue weighted by molar-refractivity contribution is 7.13. The van der Waals surface area contributed by atoms with Gasteiger partial charge in [0, 0.05) is 6.07 Å². The number of carbonyl (C=O) groups excluding carboxylic acids is 1. The lowest BCUT2D eigenvalue weighted by molar-refractivity contribution is 0.0464. The summed E-state index contributed by atoms with van der Waals surface area (Å²) in [6, 6.07) is 10.2. The maximum absolute atomic E-state index is 11.9. The zero-order valence-corrected chi connectivity index (χ0v) is 12.9. The van der Waals surface area contributed by atoms with Gasteiger partial charge >= 0.3 is 5.97 Å². The second kappa shape index (κ2) is 6.21. The highest BCUT2D eigenvalue weighted by Gasteiger charge is 2.12. The van der Waals surface area contributed by atoms with Crippen molar-refractivity contribution in [2.45, 2.75) is 6.61 Å². The fourth-order valence-electron chi connectivity index (χ4n) is 1.81. The summed E-state index contributed by atoms with van der Waals surface area (Å²) in [4.78, 5) is 12.9. The van der Waals surface area contributed by atoms with E-state index in [1.807, 2.05) is 17.5 Å². The average molecular weight is 335 g/mol. The van der Waals surface area contributed by atoms with Gasteiger partial charge < -0.3 is 15.0 Å². The van der Waals surface area contributed by atoms with E-state index >= 15 is 0 Å². The van der Waals surface area contributed by atoms with Crippen LogP contribution in [0, 0.1) is 0 Å². The third-order valence-corrected chi connectivity index (χ3v) is 4.13. The van der Waals surface area contributed by atoms with Crippen molar-refractivity contribution in [2.24, 2.45) is 0 Å². The minimum Gasteiger partial charge on any atom is -0.455 e. The lowest BCUT2D eigenvalue weighted by Gasteiger charge is -2.04. The Labute approximate surface area is 135 Å². The van der Waals surface area contributed by atoms with Crippen molar-refractivity contribution in [1.82, 2.24) is 5.16 Å². The second-order valence-electron chi connectivity index (χ2n) is 4.47. The van der Waals surface area contributed by atoms with Gasteiger partial charge in [-0.15, -0.1) is 11.3 Å². The van der Waals surface area contributed by atoms with Crippen LogP contribution in [-0.4, -0.2) is 11.1 Å². The maximum atomic E-state index is 11.9. The van der Waals surface area contributed by atoms with Crippen LogP contribution in [0.4, 0.5) is 5.69 Å². The Hall–Kier alpha value is -2.31. The molecule has 0 unspecified atom stereocenters. The fraction of sp³-hybridized carbons (Fsp3) is 0.0667. The van der Waals surface area contributed by atoms with Crippen LogP contribution in [0.1, 0.15) is 16.1 Å². The lowest BCUT2D eigenvalue weighted by Crippen LogP contribution is -2.06. The van der Waals surface area contributed by atoms with Crippen LogP contribution in [0.25, 0.3) is 10.6 Å². The SMILES string of the molecule is Nc1cc(C(=O)OCc2cc(-c3cccs3)on2)ccc1Cl. The third-order valence-electron chi connectivity index (χ3n) is 2.91. The van der Waals surface area contributed by atoms with Crippen LogP contribution < -0.4 is 5.73 Å². The van der Waals surface area contributed by atoms with Crippen LogP contribution in [0.2, 0.25) is 5.02 Å². The molecule has 0 aliphatic carbocycles. The van der Waals surface area contributed by atoms with Gasteiger partial charge in [0.15, 0.2) is 5.76 Å². The van der Waals surface area contributed by atoms with E-state index in [1.54, 1.807) is 29.5 Å². The number of anilines is 1. The molecular weight excluding hydrogens is 324 g/mol. The molecule has 0 aliphatic rings. The zero-order valence-electron chi connectivity index (χ0n) is 11.3. The second-order valence-corrected chi connectivity index (χ2v) is 5.83. The number of halogens is 1. The number of ether oxygens (including phenoxy) is 1. The molecule has 0 spiro atoms. The molecule has 0 saturated carbocycles. The number of carbonyl (C=O) groups is 1. The van der Waals surface area contributed by atoms with E-state index in [0.29, 0.717) is 27.7 Å². The van der Waals surface area contributed by atoms with Gasteiger partial charge in [-0.3, -0.25) is 0 Å². The maximum Gasteiger partial charge on any atom is 0.338 e. The number of nitrogens with two attached hydrogens (primary N) is 1. The molecule has 22 heavy (non-hydrogen) atoms. The topological polar surface area (TPSA) is 78.4 Å². The van der Waals surface area contributed by atoms with Crippen LogP contribution in [-0.2, 0) is 11.3 Å². The van der Waals surface area contributed by atoms with Gasteiger partial charge in [0.1, 0.15) is 12.3 Å². The molecule has 3 rings (SSSR count). The number of hydrogen-bond donors (Lipinski definition) is 1. The molecule has 0 atom stereocenters. The summed E-state index contributed by atoms with van der Waals surface area (Å²) in [5, 5.41) is 6.22. The van der Waals surface area contributed by atoms with Crippen LogP contribution in [0.5, 0.6) is 0 Å². The molecule has 2 N–H and O–H groups in total. The highest BCUT2D eigenvalue weighted by atomic mass is 35.5. The molecule has 0 bridgehead atoms. The van der Waals surface area contributed by atoms with Crippen molar-refractivity contribution in [2.75, 3.05) is 5.73 Å². The molecule has 0 amide bonds. The number of hydrogen-bond acceptors (Lipinski definition) is 6. The van der Waals surface area contributed by atoms with Crippen molar-refractivity contribution in [1.29, 1.82) is 0 Å². The highest BCUT2D eigenvalue weighted by Crippen LogP contribution is 2.25. The van der Waals surface area contributed by atoms with Gasteiger partial charge in [-0.1, -0.05) is 22.8 Å². The molecule has 2 aromatic heterocycles. The molecule has 7 heteroatoms. The summed E-state index contributed by atoms with van der Waals surface area (Å²) in [5.74, 6) is 0.154. The van der Waals surface area contributed by atoms with Gasteiger partial charge in [0.2, 0.25) is 0 Å². The summed E-state index contributed by atoms with van der Waals surface area (Å²) in [6.07, 6.45) is 0. The molecule has 0 radical (unpaired) electrons. The van der Waals surface area contributed by atoms with Gasteiger partial charge in [-0.05, 0) is 29.6 Å². The molecule has 2 heterocycles. The molecule has 5 nitrogen and oxygen atoms in total. The van der Waals surface area contributed by atoms with E-state index < -0.39 is 5.97 Å². The summed E-state index contributed by atoms with van der Waals surface area (Å²) in [6.45, 7) is 0.0240. The van der Waals surface area contributed by atoms with E-state index in [4.69, 9.17) is 26.6 Å². The van der Waals surface area contributed by atoms with Crippen molar-refractivity contribution in [3.05, 3.63) is 58.1 Å². The van der Waals surface area contributed by atoms with E-state index in [-0.39, 0.29) is 6.61 Å². The Morgan fingerprint density at radius 3 is 2.95 bits per heavy atom. The van der Waals surface area contributed by atoms with Gasteiger partial charge in [0.25, 0.3) is 0 Å². The minimum atomic E-state index is -0.496. The molecule has 0 aliphatic heterocycles. The molecule has 112 valence electrons. The van der Waals surface area contributed by atoms with Gasteiger partial charge in [0.05, 0.1) is 21.2 Å². The fourth-order valence-corrected chi connectivity index (χ4v) is 2.60. The number of esters is 1. The number of benzene rings is 1. The third kappa shape index (κ3) is 3.13. The van der Waals surface area contributed by atoms with Crippen molar-refractivity contribution >= 4 is 34.6 Å². The first-order valence-corrected chi connectivity index (χ1v) is 7.61. The Balaban J connectivity index is 1.65. The first kappa shape index (κ1) is 14.6. The normalized spacial score (nSPS) is 10.6. The summed E-state index contributed by atoms with van der Waals surface area (Å²) >= 11 is 7.36. The molecule has 0 saturated heterocycles. The van der Waals surface area contributed by atoms with Gasteiger partial charge in [-0.25, -0.2) is 4.79 Å². The number of nitrogens with zero attached hydrogens (tertiary/aromatic N) is 1. The predicted molar refractivity (Wildman–Crippen MR) is 84.8 cm³/mol. The van der Waals surface area contributed by atoms with Crippen molar-refractivity contribution in [3.8, 4) is 10.6 Å². The Kier molecular flexibility index (Phi) is 4.13. The smallest absolute Gasteiger partial charge is 0.338 e. The van der Waals surface area contributed by atoms with Crippen molar-refractivity contribution < 1.29 is 14.1 Å². The van der Waals surface area contributed by atoms with E-state index in [0.717, 1.165) is 4.88 Å². The summed E-state index contributed by atoms with van der Waals surface area (Å²) in [5.41, 5.74) is 6.87. The number of nitrogen functional groups attached to an aromatic ring is 1.